The van der Waals surface area contributed by atoms with Gasteiger partial charge in [-0.25, -0.2) is 4.79 Å². The second-order valence-electron chi connectivity index (χ2n) is 8.02. The molecule has 1 aliphatic heterocycles. The zero-order valence-corrected chi connectivity index (χ0v) is 14.4. The van der Waals surface area contributed by atoms with Gasteiger partial charge in [0.15, 0.2) is 0 Å². The summed E-state index contributed by atoms with van der Waals surface area (Å²) in [6.07, 6.45) is 3.68. The van der Waals surface area contributed by atoms with Crippen molar-refractivity contribution < 1.29 is 24.2 Å². The molecule has 23 heavy (non-hydrogen) atoms. The Hall–Kier alpha value is -1.30. The zero-order chi connectivity index (χ0) is 17.1. The summed E-state index contributed by atoms with van der Waals surface area (Å²) >= 11 is 0. The number of hydrogen-bond acceptors (Lipinski definition) is 4. The molecular formula is C17H29NO5. The average Bonchev–Trinajstić information content (AvgIpc) is 3.07. The highest BCUT2D eigenvalue weighted by atomic mass is 16.6. The van der Waals surface area contributed by atoms with Crippen LogP contribution in [0.5, 0.6) is 0 Å². The lowest BCUT2D eigenvalue weighted by Crippen LogP contribution is -2.46. The summed E-state index contributed by atoms with van der Waals surface area (Å²) < 4.78 is 10.6. The minimum atomic E-state index is -0.920. The number of hydrogen-bond donors (Lipinski definition) is 2. The Morgan fingerprint density at radius 2 is 1.83 bits per heavy atom. The minimum Gasteiger partial charge on any atom is -0.481 e. The Morgan fingerprint density at radius 3 is 2.30 bits per heavy atom. The summed E-state index contributed by atoms with van der Waals surface area (Å²) in [5, 5.41) is 12.6. The number of nitrogens with one attached hydrogen (secondary N) is 1. The maximum atomic E-state index is 12.0. The monoisotopic (exact) mass is 327 g/mol. The van der Waals surface area contributed by atoms with Gasteiger partial charge < -0.3 is 19.9 Å². The van der Waals surface area contributed by atoms with Gasteiger partial charge in [0.1, 0.15) is 5.60 Å². The molecule has 1 aliphatic carbocycles. The quantitative estimate of drug-likeness (QED) is 0.751. The molecule has 1 heterocycles. The number of aliphatic carboxylic acids is 1. The topological polar surface area (TPSA) is 84.9 Å². The van der Waals surface area contributed by atoms with Crippen LogP contribution in [0.2, 0.25) is 0 Å². The van der Waals surface area contributed by atoms with E-state index >= 15 is 0 Å². The second kappa shape index (κ2) is 7.07. The van der Waals surface area contributed by atoms with E-state index in [1.54, 1.807) is 20.8 Å². The molecule has 1 amide bonds. The third kappa shape index (κ3) is 5.68. The van der Waals surface area contributed by atoms with Crippen molar-refractivity contribution in [3.8, 4) is 0 Å². The lowest BCUT2D eigenvalue weighted by molar-refractivity contribution is -0.150. The fourth-order valence-corrected chi connectivity index (χ4v) is 3.20. The molecule has 0 bridgehead atoms. The highest BCUT2D eigenvalue weighted by Gasteiger charge is 2.45. The van der Waals surface area contributed by atoms with E-state index in [1.807, 2.05) is 0 Å². The molecular weight excluding hydrogens is 298 g/mol. The van der Waals surface area contributed by atoms with Crippen LogP contribution in [0.3, 0.4) is 0 Å². The maximum absolute atomic E-state index is 12.0. The molecule has 132 valence electrons. The van der Waals surface area contributed by atoms with E-state index in [9.17, 15) is 14.7 Å². The molecule has 0 aromatic carbocycles. The van der Waals surface area contributed by atoms with E-state index in [4.69, 9.17) is 9.47 Å². The first-order valence-electron chi connectivity index (χ1n) is 8.48. The number of carbonyl (C=O) groups excluding carboxylic acids is 1. The van der Waals surface area contributed by atoms with Gasteiger partial charge in [-0.05, 0) is 51.9 Å². The summed E-state index contributed by atoms with van der Waals surface area (Å²) in [6, 6.07) is 0. The number of alkyl carbamates (subject to hydrolysis) is 1. The Kier molecular flexibility index (Phi) is 5.55. The van der Waals surface area contributed by atoms with Gasteiger partial charge in [0.2, 0.25) is 0 Å². The molecule has 2 rings (SSSR count). The first-order valence-corrected chi connectivity index (χ1v) is 8.48. The van der Waals surface area contributed by atoms with E-state index in [0.717, 1.165) is 19.3 Å². The van der Waals surface area contributed by atoms with E-state index in [1.165, 1.54) is 0 Å². The largest absolute Gasteiger partial charge is 0.481 e. The molecule has 1 saturated carbocycles. The van der Waals surface area contributed by atoms with Gasteiger partial charge in [0.05, 0.1) is 5.41 Å². The van der Waals surface area contributed by atoms with E-state index in [2.05, 4.69) is 5.32 Å². The van der Waals surface area contributed by atoms with Crippen LogP contribution in [0.4, 0.5) is 4.79 Å². The van der Waals surface area contributed by atoms with Crippen LogP contribution in [0.25, 0.3) is 0 Å². The molecule has 2 unspecified atom stereocenters. The Bertz CT molecular complexity index is 435. The molecule has 2 atom stereocenters. The third-order valence-corrected chi connectivity index (χ3v) is 4.50. The number of amides is 1. The number of ether oxygens (including phenoxy) is 2. The molecule has 0 radical (unpaired) electrons. The van der Waals surface area contributed by atoms with Crippen LogP contribution >= 0.6 is 0 Å². The number of carbonyl (C=O) groups is 2. The van der Waals surface area contributed by atoms with Crippen LogP contribution in [0, 0.1) is 17.3 Å². The van der Waals surface area contributed by atoms with Crippen molar-refractivity contribution >= 4 is 12.1 Å². The summed E-state index contributed by atoms with van der Waals surface area (Å²) in [6.45, 7) is 6.80. The van der Waals surface area contributed by atoms with Gasteiger partial charge in [-0.1, -0.05) is 12.8 Å². The van der Waals surface area contributed by atoms with Crippen molar-refractivity contribution in [1.82, 2.24) is 5.32 Å². The summed E-state index contributed by atoms with van der Waals surface area (Å²) in [4.78, 5) is 24.0. The van der Waals surface area contributed by atoms with Crippen molar-refractivity contribution in [2.45, 2.75) is 58.5 Å². The van der Waals surface area contributed by atoms with Crippen LogP contribution in [0.1, 0.15) is 52.9 Å². The van der Waals surface area contributed by atoms with Crippen molar-refractivity contribution in [1.29, 1.82) is 0 Å². The SMILES string of the molecule is CC(C)(C)OC(=O)NCC(CC1CC1)(CC1CCOC1)C(=O)O. The van der Waals surface area contributed by atoms with E-state index in [-0.39, 0.29) is 12.5 Å². The molecule has 6 heteroatoms. The van der Waals surface area contributed by atoms with E-state index in [0.29, 0.717) is 32.0 Å². The van der Waals surface area contributed by atoms with Crippen LogP contribution in [-0.2, 0) is 14.3 Å². The van der Waals surface area contributed by atoms with Crippen molar-refractivity contribution in [2.75, 3.05) is 19.8 Å². The molecule has 2 N–H and O–H groups in total. The van der Waals surface area contributed by atoms with Gasteiger partial charge in [-0.15, -0.1) is 0 Å². The summed E-state index contributed by atoms with van der Waals surface area (Å²) in [7, 11) is 0. The standard InChI is InChI=1S/C17H29NO5/c1-16(2,3)23-15(21)18-11-17(14(19)20,8-12-4-5-12)9-13-6-7-22-10-13/h12-13H,4-11H2,1-3H3,(H,18,21)(H,19,20). The van der Waals surface area contributed by atoms with Gasteiger partial charge >= 0.3 is 12.1 Å². The van der Waals surface area contributed by atoms with Crippen molar-refractivity contribution in [2.24, 2.45) is 17.3 Å². The van der Waals surface area contributed by atoms with Gasteiger partial charge in [0.25, 0.3) is 0 Å². The van der Waals surface area contributed by atoms with Gasteiger partial charge in [-0.3, -0.25) is 4.79 Å². The highest BCUT2D eigenvalue weighted by molar-refractivity contribution is 5.76. The lowest BCUT2D eigenvalue weighted by atomic mass is 9.74. The van der Waals surface area contributed by atoms with Crippen LogP contribution in [0.15, 0.2) is 0 Å². The van der Waals surface area contributed by atoms with Gasteiger partial charge in [-0.2, -0.15) is 0 Å². The fraction of sp³-hybridized carbons (Fsp3) is 0.882. The minimum absolute atomic E-state index is 0.115. The Morgan fingerprint density at radius 1 is 1.17 bits per heavy atom. The summed E-state index contributed by atoms with van der Waals surface area (Å²) in [5.74, 6) is -0.105. The molecule has 1 saturated heterocycles. The maximum Gasteiger partial charge on any atom is 0.407 e. The molecule has 2 aliphatic rings. The molecule has 0 spiro atoms. The van der Waals surface area contributed by atoms with Crippen LogP contribution in [-0.4, -0.2) is 42.5 Å². The zero-order valence-electron chi connectivity index (χ0n) is 14.4. The number of carboxylic acids is 1. The normalized spacial score (nSPS) is 24.0. The van der Waals surface area contributed by atoms with Gasteiger partial charge in [0, 0.05) is 19.8 Å². The Labute approximate surface area is 137 Å². The van der Waals surface area contributed by atoms with E-state index < -0.39 is 23.1 Å². The molecule has 6 nitrogen and oxygen atoms in total. The third-order valence-electron chi connectivity index (χ3n) is 4.50. The second-order valence-corrected chi connectivity index (χ2v) is 8.02. The number of rotatable bonds is 7. The van der Waals surface area contributed by atoms with Crippen molar-refractivity contribution in [3.63, 3.8) is 0 Å². The first kappa shape index (κ1) is 18.0. The molecule has 2 fully saturated rings. The summed E-state index contributed by atoms with van der Waals surface area (Å²) in [5.41, 5.74) is -1.51. The van der Waals surface area contributed by atoms with Crippen molar-refractivity contribution in [3.05, 3.63) is 0 Å². The first-order chi connectivity index (χ1) is 10.7. The highest BCUT2D eigenvalue weighted by Crippen LogP contribution is 2.44. The Balaban J connectivity index is 2.01. The number of carboxylic acid groups (broad SMARTS) is 1. The predicted molar refractivity (Wildman–Crippen MR) is 85.2 cm³/mol. The smallest absolute Gasteiger partial charge is 0.407 e. The lowest BCUT2D eigenvalue weighted by Gasteiger charge is -2.32. The average molecular weight is 327 g/mol. The van der Waals surface area contributed by atoms with Crippen LogP contribution < -0.4 is 5.32 Å². The molecule has 0 aromatic heterocycles. The molecule has 0 aromatic rings. The fourth-order valence-electron chi connectivity index (χ4n) is 3.20. The predicted octanol–water partition coefficient (Wildman–Crippen LogP) is 2.81.